The maximum absolute atomic E-state index is 12.5. The Morgan fingerprint density at radius 3 is 2.95 bits per heavy atom. The normalized spacial score (nSPS) is 20.5. The smallest absolute Gasteiger partial charge is 0.317 e. The first-order valence-corrected chi connectivity index (χ1v) is 8.25. The van der Waals surface area contributed by atoms with Crippen molar-refractivity contribution >= 4 is 16.0 Å². The molecule has 2 N–H and O–H groups in total. The van der Waals surface area contributed by atoms with Gasteiger partial charge in [0, 0.05) is 26.3 Å². The zero-order chi connectivity index (χ0) is 15.5. The average Bonchev–Trinajstić information content (AvgIpc) is 2.86. The number of nitrogens with one attached hydrogen (secondary N) is 1. The van der Waals surface area contributed by atoms with E-state index in [-0.39, 0.29) is 17.4 Å². The lowest BCUT2D eigenvalue weighted by Gasteiger charge is -2.31. The zero-order valence-corrected chi connectivity index (χ0v) is 12.7. The maximum atomic E-state index is 12.5. The molecule has 0 aromatic carbocycles. The largest absolute Gasteiger partial charge is 0.480 e. The standard InChI is InChI=1S/C12H20N4O4S/c1-15-9-11(6-14-15)21(19,20)16-4-2-3-10(8-16)5-13-7-12(17)18/h6,9-10,13H,2-5,7-8H2,1H3,(H,17,18). The Bertz CT molecular complexity index is 598. The molecule has 1 atom stereocenters. The molecule has 0 bridgehead atoms. The molecule has 2 heterocycles. The Morgan fingerprint density at radius 1 is 1.57 bits per heavy atom. The summed E-state index contributed by atoms with van der Waals surface area (Å²) >= 11 is 0. The van der Waals surface area contributed by atoms with Crippen LogP contribution in [0, 0.1) is 5.92 Å². The van der Waals surface area contributed by atoms with Gasteiger partial charge in [0.05, 0.1) is 12.7 Å². The monoisotopic (exact) mass is 316 g/mol. The van der Waals surface area contributed by atoms with E-state index in [1.54, 1.807) is 7.05 Å². The van der Waals surface area contributed by atoms with Gasteiger partial charge in [0.15, 0.2) is 0 Å². The Labute approximate surface area is 123 Å². The molecule has 1 unspecified atom stereocenters. The fraction of sp³-hybridized carbons (Fsp3) is 0.667. The molecule has 9 heteroatoms. The number of rotatable bonds is 6. The van der Waals surface area contributed by atoms with Gasteiger partial charge in [0.1, 0.15) is 4.90 Å². The van der Waals surface area contributed by atoms with Crippen LogP contribution >= 0.6 is 0 Å². The summed E-state index contributed by atoms with van der Waals surface area (Å²) < 4.78 is 27.9. The topological polar surface area (TPSA) is 105 Å². The van der Waals surface area contributed by atoms with Gasteiger partial charge in [-0.05, 0) is 25.3 Å². The third kappa shape index (κ3) is 4.02. The molecule has 0 aliphatic carbocycles. The van der Waals surface area contributed by atoms with Crippen LogP contribution in [0.2, 0.25) is 0 Å². The second-order valence-corrected chi connectivity index (χ2v) is 7.18. The number of sulfonamides is 1. The predicted octanol–water partition coefficient (Wildman–Crippen LogP) is -0.505. The van der Waals surface area contributed by atoms with E-state index in [1.165, 1.54) is 21.4 Å². The molecule has 8 nitrogen and oxygen atoms in total. The molecule has 0 saturated carbocycles. The van der Waals surface area contributed by atoms with Crippen LogP contribution in [-0.4, -0.2) is 59.8 Å². The number of nitrogens with zero attached hydrogens (tertiary/aromatic N) is 3. The van der Waals surface area contributed by atoms with Crippen molar-refractivity contribution in [3.63, 3.8) is 0 Å². The quantitative estimate of drug-likeness (QED) is 0.733. The highest BCUT2D eigenvalue weighted by Gasteiger charge is 2.30. The lowest BCUT2D eigenvalue weighted by Crippen LogP contribution is -2.43. The fourth-order valence-corrected chi connectivity index (χ4v) is 4.02. The molecular weight excluding hydrogens is 296 g/mol. The Balaban J connectivity index is 1.98. The van der Waals surface area contributed by atoms with Crippen molar-refractivity contribution in [1.29, 1.82) is 0 Å². The molecule has 1 aliphatic heterocycles. The van der Waals surface area contributed by atoms with E-state index in [1.807, 2.05) is 0 Å². The van der Waals surface area contributed by atoms with Gasteiger partial charge < -0.3 is 10.4 Å². The highest BCUT2D eigenvalue weighted by atomic mass is 32.2. The van der Waals surface area contributed by atoms with Crippen molar-refractivity contribution in [2.75, 3.05) is 26.2 Å². The third-order valence-corrected chi connectivity index (χ3v) is 5.33. The molecule has 21 heavy (non-hydrogen) atoms. The van der Waals surface area contributed by atoms with E-state index >= 15 is 0 Å². The van der Waals surface area contributed by atoms with Crippen LogP contribution in [0.1, 0.15) is 12.8 Å². The number of aryl methyl sites for hydroxylation is 1. The van der Waals surface area contributed by atoms with Gasteiger partial charge in [-0.2, -0.15) is 9.40 Å². The third-order valence-electron chi connectivity index (χ3n) is 3.51. The van der Waals surface area contributed by atoms with Gasteiger partial charge in [-0.3, -0.25) is 9.48 Å². The van der Waals surface area contributed by atoms with Gasteiger partial charge in [-0.25, -0.2) is 8.42 Å². The molecular formula is C12H20N4O4S. The molecule has 1 aromatic rings. The van der Waals surface area contributed by atoms with E-state index in [0.29, 0.717) is 19.6 Å². The molecule has 0 spiro atoms. The molecule has 1 aromatic heterocycles. The van der Waals surface area contributed by atoms with Crippen LogP contribution in [0.3, 0.4) is 0 Å². The number of carbonyl (C=O) groups is 1. The van der Waals surface area contributed by atoms with Crippen LogP contribution in [0.15, 0.2) is 17.3 Å². The van der Waals surface area contributed by atoms with E-state index in [0.717, 1.165) is 12.8 Å². The van der Waals surface area contributed by atoms with Crippen molar-refractivity contribution in [2.24, 2.45) is 13.0 Å². The van der Waals surface area contributed by atoms with Gasteiger partial charge >= 0.3 is 5.97 Å². The number of aliphatic carboxylic acids is 1. The van der Waals surface area contributed by atoms with Crippen molar-refractivity contribution < 1.29 is 18.3 Å². The van der Waals surface area contributed by atoms with Gasteiger partial charge in [0.25, 0.3) is 0 Å². The Morgan fingerprint density at radius 2 is 2.33 bits per heavy atom. The van der Waals surface area contributed by atoms with Crippen LogP contribution in [0.25, 0.3) is 0 Å². The fourth-order valence-electron chi connectivity index (χ4n) is 2.48. The number of hydrogen-bond acceptors (Lipinski definition) is 5. The summed E-state index contributed by atoms with van der Waals surface area (Å²) in [5.41, 5.74) is 0. The maximum Gasteiger partial charge on any atom is 0.317 e. The average molecular weight is 316 g/mol. The van der Waals surface area contributed by atoms with Crippen molar-refractivity contribution in [2.45, 2.75) is 17.7 Å². The summed E-state index contributed by atoms with van der Waals surface area (Å²) in [5, 5.41) is 15.3. The van der Waals surface area contributed by atoms with Crippen molar-refractivity contribution in [1.82, 2.24) is 19.4 Å². The molecule has 2 rings (SSSR count). The summed E-state index contributed by atoms with van der Waals surface area (Å²) in [4.78, 5) is 10.7. The minimum Gasteiger partial charge on any atom is -0.480 e. The van der Waals surface area contributed by atoms with E-state index in [9.17, 15) is 13.2 Å². The summed E-state index contributed by atoms with van der Waals surface area (Å²) in [6, 6.07) is 0. The summed E-state index contributed by atoms with van der Waals surface area (Å²) in [7, 11) is -1.84. The van der Waals surface area contributed by atoms with Gasteiger partial charge in [-0.15, -0.1) is 0 Å². The second kappa shape index (κ2) is 6.54. The Hall–Kier alpha value is -1.45. The molecule has 1 aliphatic rings. The van der Waals surface area contributed by atoms with Crippen molar-refractivity contribution in [3.8, 4) is 0 Å². The van der Waals surface area contributed by atoms with Gasteiger partial charge in [-0.1, -0.05) is 0 Å². The van der Waals surface area contributed by atoms with E-state index < -0.39 is 16.0 Å². The van der Waals surface area contributed by atoms with Crippen LogP contribution < -0.4 is 5.32 Å². The summed E-state index contributed by atoms with van der Waals surface area (Å²) in [5.74, 6) is -0.782. The zero-order valence-electron chi connectivity index (χ0n) is 11.9. The highest BCUT2D eigenvalue weighted by molar-refractivity contribution is 7.89. The second-order valence-electron chi connectivity index (χ2n) is 5.25. The van der Waals surface area contributed by atoms with Crippen molar-refractivity contribution in [3.05, 3.63) is 12.4 Å². The van der Waals surface area contributed by atoms with Gasteiger partial charge in [0.2, 0.25) is 10.0 Å². The first-order valence-electron chi connectivity index (χ1n) is 6.81. The van der Waals surface area contributed by atoms with E-state index in [4.69, 9.17) is 5.11 Å². The Kier molecular flexibility index (Phi) is 4.96. The number of carboxylic acids is 1. The minimum atomic E-state index is -3.51. The number of carboxylic acid groups (broad SMARTS) is 1. The molecule has 0 radical (unpaired) electrons. The number of piperidine rings is 1. The highest BCUT2D eigenvalue weighted by Crippen LogP contribution is 2.23. The number of aromatic nitrogens is 2. The first-order chi connectivity index (χ1) is 9.89. The van der Waals surface area contributed by atoms with Crippen LogP contribution in [0.4, 0.5) is 0 Å². The van der Waals surface area contributed by atoms with Crippen LogP contribution in [-0.2, 0) is 21.9 Å². The molecule has 118 valence electrons. The van der Waals surface area contributed by atoms with E-state index in [2.05, 4.69) is 10.4 Å². The minimum absolute atomic E-state index is 0.105. The summed E-state index contributed by atoms with van der Waals surface area (Å²) in [6.45, 7) is 1.30. The summed E-state index contributed by atoms with van der Waals surface area (Å²) in [6.07, 6.45) is 4.51. The first kappa shape index (κ1) is 15.9. The van der Waals surface area contributed by atoms with Crippen LogP contribution in [0.5, 0.6) is 0 Å². The lowest BCUT2D eigenvalue weighted by molar-refractivity contribution is -0.136. The molecule has 0 amide bonds. The molecule has 1 saturated heterocycles. The number of hydrogen-bond donors (Lipinski definition) is 2. The predicted molar refractivity (Wildman–Crippen MR) is 75.2 cm³/mol. The molecule has 1 fully saturated rings. The SMILES string of the molecule is Cn1cc(S(=O)(=O)N2CCCC(CNCC(=O)O)C2)cn1. The lowest BCUT2D eigenvalue weighted by atomic mass is 10.00.